The number of ketones is 1. The molecule has 0 unspecified atom stereocenters. The Hall–Kier alpha value is -2.63. The number of hydrogen-bond acceptors (Lipinski definition) is 7. The van der Waals surface area contributed by atoms with Crippen LogP contribution in [-0.2, 0) is 9.53 Å². The molecular formula is C21H31F2N5O5. The molecule has 2 atom stereocenters. The molecule has 0 radical (unpaired) electrons. The molecule has 10 nitrogen and oxygen atoms in total. The highest BCUT2D eigenvalue weighted by atomic mass is 19.3. The van der Waals surface area contributed by atoms with Gasteiger partial charge in [0, 0.05) is 31.8 Å². The maximum atomic E-state index is 14.4. The van der Waals surface area contributed by atoms with Gasteiger partial charge in [-0.3, -0.25) is 9.59 Å². The van der Waals surface area contributed by atoms with E-state index < -0.39 is 48.6 Å². The van der Waals surface area contributed by atoms with Crippen molar-refractivity contribution < 1.29 is 32.3 Å². The second-order valence-corrected chi connectivity index (χ2v) is 8.46. The van der Waals surface area contributed by atoms with E-state index in [9.17, 15) is 23.2 Å². The van der Waals surface area contributed by atoms with Gasteiger partial charge in [0.05, 0.1) is 19.3 Å². The Morgan fingerprint density at radius 1 is 1.12 bits per heavy atom. The topological polar surface area (TPSA) is 127 Å². The number of morpholine rings is 1. The smallest absolute Gasteiger partial charge is 0.318 e. The van der Waals surface area contributed by atoms with Crippen molar-refractivity contribution >= 4 is 17.7 Å². The number of urea groups is 1. The van der Waals surface area contributed by atoms with Crippen LogP contribution in [0.4, 0.5) is 13.6 Å². The van der Waals surface area contributed by atoms with Crippen LogP contribution >= 0.6 is 0 Å². The van der Waals surface area contributed by atoms with Crippen molar-refractivity contribution in [3.05, 3.63) is 11.8 Å². The van der Waals surface area contributed by atoms with Crippen LogP contribution < -0.4 is 10.6 Å². The van der Waals surface area contributed by atoms with Gasteiger partial charge in [-0.1, -0.05) is 20.3 Å². The predicted molar refractivity (Wildman–Crippen MR) is 112 cm³/mol. The zero-order valence-electron chi connectivity index (χ0n) is 18.9. The van der Waals surface area contributed by atoms with Gasteiger partial charge in [0.15, 0.2) is 0 Å². The molecule has 0 spiro atoms. The zero-order chi connectivity index (χ0) is 24.0. The fraction of sp³-hybridized carbons (Fsp3) is 0.762. The van der Waals surface area contributed by atoms with Crippen molar-refractivity contribution in [3.8, 4) is 0 Å². The summed E-state index contributed by atoms with van der Waals surface area (Å²) in [7, 11) is 0. The number of Topliss-reactive ketones (excluding diaryl/α,β-unsaturated/α-hetero) is 1. The quantitative estimate of drug-likeness (QED) is 0.474. The van der Waals surface area contributed by atoms with Gasteiger partial charge in [0.1, 0.15) is 6.04 Å². The van der Waals surface area contributed by atoms with Crippen LogP contribution in [0.15, 0.2) is 4.42 Å². The normalized spacial score (nSPS) is 18.5. The Kier molecular flexibility index (Phi) is 8.33. The highest BCUT2D eigenvalue weighted by molar-refractivity contribution is 5.99. The van der Waals surface area contributed by atoms with Crippen molar-refractivity contribution in [1.82, 2.24) is 25.7 Å². The van der Waals surface area contributed by atoms with E-state index in [1.165, 1.54) is 4.90 Å². The summed E-state index contributed by atoms with van der Waals surface area (Å²) in [5, 5.41) is 12.5. The van der Waals surface area contributed by atoms with Crippen molar-refractivity contribution in [2.75, 3.05) is 26.3 Å². The molecule has 1 aliphatic heterocycles. The van der Waals surface area contributed by atoms with Gasteiger partial charge in [0.25, 0.3) is 11.8 Å². The van der Waals surface area contributed by atoms with Crippen LogP contribution in [0.5, 0.6) is 0 Å². The maximum absolute atomic E-state index is 14.4. The number of ether oxygens (including phenoxy) is 1. The van der Waals surface area contributed by atoms with Gasteiger partial charge in [-0.05, 0) is 19.3 Å². The van der Waals surface area contributed by atoms with E-state index in [0.717, 1.165) is 12.8 Å². The highest BCUT2D eigenvalue weighted by Crippen LogP contribution is 2.39. The molecule has 1 aromatic heterocycles. The van der Waals surface area contributed by atoms with Crippen LogP contribution in [0, 0.1) is 0 Å². The minimum absolute atomic E-state index is 0.161. The van der Waals surface area contributed by atoms with Crippen molar-refractivity contribution in [2.24, 2.45) is 0 Å². The van der Waals surface area contributed by atoms with Gasteiger partial charge >= 0.3 is 6.03 Å². The number of amides is 3. The number of carbonyl (C=O) groups excluding carboxylic acids is 3. The van der Waals surface area contributed by atoms with E-state index >= 15 is 0 Å². The number of carbonyl (C=O) groups is 3. The third-order valence-corrected chi connectivity index (χ3v) is 5.65. The number of halogens is 2. The molecule has 184 valence electrons. The molecule has 0 aromatic carbocycles. The number of nitrogens with one attached hydrogen (secondary N) is 2. The Labute approximate surface area is 190 Å². The third-order valence-electron chi connectivity index (χ3n) is 5.65. The second-order valence-electron chi connectivity index (χ2n) is 8.46. The van der Waals surface area contributed by atoms with Crippen LogP contribution in [0.1, 0.15) is 74.9 Å². The Morgan fingerprint density at radius 3 is 2.42 bits per heavy atom. The summed E-state index contributed by atoms with van der Waals surface area (Å²) >= 11 is 0. The average molecular weight is 472 g/mol. The number of aromatic nitrogens is 2. The van der Waals surface area contributed by atoms with Gasteiger partial charge in [-0.25, -0.2) is 13.6 Å². The van der Waals surface area contributed by atoms with Gasteiger partial charge in [-0.15, -0.1) is 10.2 Å². The van der Waals surface area contributed by atoms with E-state index in [0.29, 0.717) is 32.2 Å². The monoisotopic (exact) mass is 471 g/mol. The van der Waals surface area contributed by atoms with Crippen molar-refractivity contribution in [2.45, 2.75) is 76.3 Å². The average Bonchev–Trinajstić information content (AvgIpc) is 3.53. The third kappa shape index (κ3) is 6.92. The SMILES string of the molecule is CCCC(F)(F)C[C@H](NC(=O)N1CCOCC1)C(=O)N[C@@H](CC)C(=O)c1nnc(C2CC2)o1. The molecule has 1 saturated heterocycles. The molecule has 2 aliphatic rings. The minimum Gasteiger partial charge on any atom is -0.418 e. The minimum atomic E-state index is -3.16. The van der Waals surface area contributed by atoms with E-state index in [1.807, 2.05) is 0 Å². The Balaban J connectivity index is 1.69. The van der Waals surface area contributed by atoms with Crippen molar-refractivity contribution in [1.29, 1.82) is 0 Å². The van der Waals surface area contributed by atoms with E-state index in [1.54, 1.807) is 13.8 Å². The summed E-state index contributed by atoms with van der Waals surface area (Å²) in [6, 6.07) is -3.20. The zero-order valence-corrected chi connectivity index (χ0v) is 18.9. The first kappa shape index (κ1) is 25.0. The summed E-state index contributed by atoms with van der Waals surface area (Å²) < 4.78 is 39.4. The lowest BCUT2D eigenvalue weighted by Crippen LogP contribution is -2.56. The number of nitrogens with zero attached hydrogens (tertiary/aromatic N) is 3. The van der Waals surface area contributed by atoms with E-state index in [4.69, 9.17) is 9.15 Å². The molecule has 3 rings (SSSR count). The molecule has 2 heterocycles. The highest BCUT2D eigenvalue weighted by Gasteiger charge is 2.38. The molecule has 33 heavy (non-hydrogen) atoms. The Morgan fingerprint density at radius 2 is 1.82 bits per heavy atom. The molecule has 12 heteroatoms. The van der Waals surface area contributed by atoms with E-state index in [2.05, 4.69) is 20.8 Å². The van der Waals surface area contributed by atoms with Crippen LogP contribution in [0.3, 0.4) is 0 Å². The predicted octanol–water partition coefficient (Wildman–Crippen LogP) is 2.26. The van der Waals surface area contributed by atoms with Gasteiger partial charge in [0.2, 0.25) is 17.6 Å². The van der Waals surface area contributed by atoms with Crippen molar-refractivity contribution in [3.63, 3.8) is 0 Å². The lowest BCUT2D eigenvalue weighted by molar-refractivity contribution is -0.126. The standard InChI is InChI=1S/C21H31F2N5O5/c1-3-7-21(22,23)12-15(25-20(31)28-8-10-32-11-9-28)17(30)24-14(4-2)16(29)19-27-26-18(33-19)13-5-6-13/h13-15H,3-12H2,1-2H3,(H,24,30)(H,25,31)/t14-,15-/m0/s1. The van der Waals surface area contributed by atoms with E-state index in [-0.39, 0.29) is 24.7 Å². The first-order valence-electron chi connectivity index (χ1n) is 11.4. The molecule has 0 bridgehead atoms. The summed E-state index contributed by atoms with van der Waals surface area (Å²) in [5.74, 6) is -4.30. The molecule has 3 amide bonds. The summed E-state index contributed by atoms with van der Waals surface area (Å²) in [6.07, 6.45) is 0.934. The first-order chi connectivity index (χ1) is 15.7. The summed E-state index contributed by atoms with van der Waals surface area (Å²) in [6.45, 7) is 4.52. The summed E-state index contributed by atoms with van der Waals surface area (Å²) in [5.41, 5.74) is 0. The van der Waals surface area contributed by atoms with Crippen LogP contribution in [-0.4, -0.2) is 77.1 Å². The summed E-state index contributed by atoms with van der Waals surface area (Å²) in [4.78, 5) is 39.7. The number of alkyl halides is 2. The van der Waals surface area contributed by atoms with Gasteiger partial charge in [-0.2, -0.15) is 0 Å². The molecule has 1 aromatic rings. The number of hydrogen-bond donors (Lipinski definition) is 2. The molecular weight excluding hydrogens is 440 g/mol. The fourth-order valence-corrected chi connectivity index (χ4v) is 3.59. The lowest BCUT2D eigenvalue weighted by Gasteiger charge is -2.30. The maximum Gasteiger partial charge on any atom is 0.318 e. The molecule has 1 saturated carbocycles. The van der Waals surface area contributed by atoms with Crippen LogP contribution in [0.2, 0.25) is 0 Å². The largest absolute Gasteiger partial charge is 0.418 e. The second kappa shape index (κ2) is 11.0. The first-order valence-corrected chi connectivity index (χ1v) is 11.4. The molecule has 2 N–H and O–H groups in total. The molecule has 2 fully saturated rings. The molecule has 1 aliphatic carbocycles. The van der Waals surface area contributed by atoms with Crippen LogP contribution in [0.25, 0.3) is 0 Å². The Bertz CT molecular complexity index is 839. The fourth-order valence-electron chi connectivity index (χ4n) is 3.59. The lowest BCUT2D eigenvalue weighted by atomic mass is 10.0. The van der Waals surface area contributed by atoms with Gasteiger partial charge < -0.3 is 24.7 Å². The number of rotatable bonds is 11.